The molecule has 5 fully saturated rings. The summed E-state index contributed by atoms with van der Waals surface area (Å²) in [5.41, 5.74) is -0.712. The summed E-state index contributed by atoms with van der Waals surface area (Å²) < 4.78 is 179. The van der Waals surface area contributed by atoms with Gasteiger partial charge in [0.25, 0.3) is 0 Å². The molecule has 49 heteroatoms. The van der Waals surface area contributed by atoms with Crippen LogP contribution in [0.5, 0.6) is 0 Å². The molecule has 0 spiro atoms. The number of H-pyrrole nitrogens is 1. The van der Waals surface area contributed by atoms with Gasteiger partial charge in [0.2, 0.25) is 0 Å². The molecule has 6 aliphatic rings. The molecule has 6 aliphatic heterocycles. The molecule has 137 heavy (non-hydrogen) atoms. The molecule has 6 aromatic carbocycles. The first kappa shape index (κ1) is 140. The molecule has 0 bridgehead atoms. The number of nitrogens with two attached hydrogens (primary N) is 1. The van der Waals surface area contributed by atoms with Gasteiger partial charge < -0.3 is 59.2 Å². The number of nitrogens with one attached hydrogen (secondary N) is 1. The number of carbonyl (C=O) groups excluding carboxylic acids is 2. The molecular formula is C88H117B3Br4ClF9I10N8O13V-. The average Bonchev–Trinajstić information content (AvgIpc) is 1.60. The van der Waals surface area contributed by atoms with Crippen LogP contribution in [-0.2, 0) is 56.7 Å². The number of nitrogens with zero attached hydrogens (tertiary/aromatic N) is 6. The van der Waals surface area contributed by atoms with E-state index in [2.05, 4.69) is 351 Å². The van der Waals surface area contributed by atoms with Crippen molar-refractivity contribution in [1.29, 1.82) is 0 Å². The second kappa shape index (κ2) is 71.2. The zero-order valence-electron chi connectivity index (χ0n) is 79.4. The number of rotatable bonds is 8. The van der Waals surface area contributed by atoms with Gasteiger partial charge in [-0.3, -0.25) is 14.7 Å². The molecule has 0 aliphatic carbocycles. The van der Waals surface area contributed by atoms with Crippen molar-refractivity contribution in [3.8, 4) is 0 Å². The third-order valence-electron chi connectivity index (χ3n) is 19.3. The average molecular weight is 3370 g/mol. The van der Waals surface area contributed by atoms with E-state index in [1.807, 2.05) is 121 Å². The fourth-order valence-electron chi connectivity index (χ4n) is 11.2. The number of aromatic nitrogens is 6. The molecule has 2 atom stereocenters. The molecule has 3 N–H and O–H groups in total. The Kier molecular flexibility index (Phi) is 73.0. The van der Waals surface area contributed by atoms with Crippen LogP contribution in [0.15, 0.2) is 133 Å². The molecule has 21 nitrogen and oxygen atoms in total. The Morgan fingerprint density at radius 2 is 0.920 bits per heavy atom. The number of benzene rings is 6. The van der Waals surface area contributed by atoms with Crippen LogP contribution in [-0.4, -0.2) is 148 Å². The maximum absolute atomic E-state index is 14.9. The van der Waals surface area contributed by atoms with E-state index in [9.17, 15) is 49.1 Å². The predicted molar refractivity (Wildman–Crippen MR) is 636 cm³/mol. The first-order valence-corrected chi connectivity index (χ1v) is 66.9. The van der Waals surface area contributed by atoms with E-state index in [4.69, 9.17) is 42.1 Å². The van der Waals surface area contributed by atoms with E-state index < -0.39 is 67.2 Å². The quantitative estimate of drug-likeness (QED) is 0.0165. The zero-order chi connectivity index (χ0) is 103. The second-order valence-corrected chi connectivity index (χ2v) is 92.0. The fraction of sp³-hybridized carbons (Fsp3) is 0.489. The van der Waals surface area contributed by atoms with Gasteiger partial charge in [-0.25, -0.2) is 54.8 Å². The first-order valence-electron chi connectivity index (χ1n) is 41.5. The molecule has 2 unspecified atom stereocenters. The zero-order valence-corrected chi connectivity index (χ0v) is 110. The molecule has 9 heterocycles. The number of allylic oxidation sites excluding steroid dienone is 1. The SMILES string of the molecule is C1=COCCC1.CC.CC(I)(I)I.CC(I)I.CC1(C)OB(B2OC(C)(C)C(C)(C)O2)OC1(C)C.CC1(C)OB(c2cc(F)c3c(cnn3C3CCCCO3)c2)OC1(C)C.CCI.CCI.CO/N=C/c1cc(Br)cc(F)c1F.CON.Cl.Fc1cc(Br)cc2cn[nH]c12.Fc1cc(Br)cc2cnn(C3CCCCO3)c12.O=Cc1cc(Br)cc(F)c1F.O=Cc1cccc(F)c1F.[CH3-].[I][V]([I])[I]. The van der Waals surface area contributed by atoms with Crippen molar-refractivity contribution in [2.75, 3.05) is 42.9 Å². The Balaban J connectivity index is 0. The van der Waals surface area contributed by atoms with E-state index in [0.717, 1.165) is 103 Å². The van der Waals surface area contributed by atoms with E-state index >= 15 is 0 Å². The number of fused-ring (bicyclic) bond motifs is 3. The Morgan fingerprint density at radius 3 is 1.28 bits per heavy atom. The van der Waals surface area contributed by atoms with E-state index in [0.29, 0.717) is 37.0 Å². The number of ether oxygens (including phenoxy) is 3. The van der Waals surface area contributed by atoms with Crippen molar-refractivity contribution in [2.24, 2.45) is 11.1 Å². The molecule has 0 radical (unpaired) electrons. The van der Waals surface area contributed by atoms with Crippen molar-refractivity contribution in [2.45, 2.75) is 223 Å². The third-order valence-corrected chi connectivity index (χ3v) is 21.1. The Bertz CT molecular complexity index is 4980. The van der Waals surface area contributed by atoms with Crippen LogP contribution in [0, 0.1) is 59.8 Å². The topological polar surface area (TPSA) is 238 Å². The van der Waals surface area contributed by atoms with Gasteiger partial charge >= 0.3 is 86.0 Å². The summed E-state index contributed by atoms with van der Waals surface area (Å²) in [7, 11) is 1.19. The monoisotopic (exact) mass is 3370 g/mol. The fourth-order valence-corrected chi connectivity index (χ4v) is 13.0. The van der Waals surface area contributed by atoms with E-state index in [1.54, 1.807) is 34.2 Å². The number of halogens is 24. The summed E-state index contributed by atoms with van der Waals surface area (Å²) in [6, 6.07) is 18.0. The molecule has 15 rings (SSSR count). The standard InChI is InChI=1S/C18H24BFN2O3.C12H24B2O4.C12H12BrFN2O.C8H6BrF2NO.C7H3BrF2O.C7H4BrFN2.C7H4F2O.C5H8O.C2H3I3.C2H4I2.2C2H5I.C2H6.CH5NO.CH3.ClH.3HI.V/c1-17(2)18(3,4)25-19(24-17)13-9-12-11-21-22(16(12)14(20)10-13)15-7-5-6-8-23-15;1-9(2)10(3,4)16-13(15-9)14-17-11(5,6)12(7,8)18-14;13-9-5-8-7-15-16(12(8)10(14)6-9)11-3-1-2-4-17-11;1-13-12-4-5-2-6(9)3-7(10)8(5)11;8-5-1-4(3-11)7(10)6(9)2-5;8-5-1-4-3-10-11-7(4)6(9)2-5;8-6-3-1-2-5(4-10)7(6)9;1-2-4-6-5-3-1;1-2(3,4)5;1-2(3)4;2*1-2-3;1-2;1-3-2;;;;;;/h9-11,15H,5-8H2,1-4H3;1-8H3;5-7,11H,1-4H2;2-4H,1H3;1-3H;1-3H,(H,10,11);1-4H;2,4H,1,3,5H2;1H3;2H,1H3;2*2H2,1H3;1-2H3;2H2,1H3;1H3;4*1H;/q;;;;;;;;;;;;;;-1;;;;;+3/p-3/b;;;12-4+;;;;;;;;;;;;;;;;. The summed E-state index contributed by atoms with van der Waals surface area (Å²) in [5.74, 6) is -2.61. The van der Waals surface area contributed by atoms with Crippen LogP contribution in [0.25, 0.3) is 32.7 Å². The molecule has 0 amide bonds. The number of oxime groups is 1. The number of hydrogen-bond acceptors (Lipinski definition) is 18. The van der Waals surface area contributed by atoms with E-state index in [1.165, 1.54) is 78.4 Å². The summed E-state index contributed by atoms with van der Waals surface area (Å²) in [4.78, 5) is 27.9. The Hall–Kier alpha value is 1.34. The van der Waals surface area contributed by atoms with Gasteiger partial charge in [-0.15, -0.1) is 12.4 Å². The minimum absolute atomic E-state index is 0. The van der Waals surface area contributed by atoms with Gasteiger partial charge in [0.1, 0.15) is 40.5 Å². The number of aldehydes is 2. The first-order chi connectivity index (χ1) is 62.9. The maximum atomic E-state index is 14.9. The summed E-state index contributed by atoms with van der Waals surface area (Å²) >= 11 is 36.1. The van der Waals surface area contributed by atoms with Crippen LogP contribution in [0.2, 0.25) is 0 Å². The number of carbonyl (C=O) groups is 2. The predicted octanol–water partition coefficient (Wildman–Crippen LogP) is 32.0. The van der Waals surface area contributed by atoms with Crippen LogP contribution < -0.4 is 11.4 Å². The second-order valence-electron chi connectivity index (χ2n) is 31.2. The van der Waals surface area contributed by atoms with Gasteiger partial charge in [-0.05, 0) is 235 Å². The molecule has 3 aromatic heterocycles. The Morgan fingerprint density at radius 1 is 0.562 bits per heavy atom. The van der Waals surface area contributed by atoms with Crippen LogP contribution >= 0.6 is 294 Å². The van der Waals surface area contributed by atoms with Crippen molar-refractivity contribution < 1.29 is 106 Å². The van der Waals surface area contributed by atoms with Gasteiger partial charge in [0, 0.05) is 52.8 Å². The van der Waals surface area contributed by atoms with Gasteiger partial charge in [0.05, 0.1) is 91.4 Å². The van der Waals surface area contributed by atoms with Gasteiger partial charge in [-0.2, -0.15) is 15.3 Å². The van der Waals surface area contributed by atoms with Crippen LogP contribution in [0.1, 0.15) is 215 Å². The van der Waals surface area contributed by atoms with Crippen molar-refractivity contribution in [1.82, 2.24) is 29.8 Å². The number of alkyl halides is 7. The van der Waals surface area contributed by atoms with Gasteiger partial charge in [0.15, 0.2) is 59.9 Å². The van der Waals surface area contributed by atoms with Crippen LogP contribution in [0.3, 0.4) is 0 Å². The third kappa shape index (κ3) is 50.9. The molecule has 0 saturated carbocycles. The summed E-state index contributed by atoms with van der Waals surface area (Å²) in [6.07, 6.45) is 18.5. The van der Waals surface area contributed by atoms with Crippen molar-refractivity contribution in [3.63, 3.8) is 0 Å². The van der Waals surface area contributed by atoms with E-state index in [-0.39, 0.29) is 106 Å². The Labute approximate surface area is 975 Å². The molecule has 770 valence electrons. The summed E-state index contributed by atoms with van der Waals surface area (Å²) in [5, 5.41) is 20.6. The van der Waals surface area contributed by atoms with Crippen molar-refractivity contribution >= 4 is 372 Å². The van der Waals surface area contributed by atoms with Gasteiger partial charge in [-0.1, -0.05) is 267 Å². The molecule has 5 saturated heterocycles. The minimum atomic E-state index is -1.11. The number of hydrogen-bond donors (Lipinski definition) is 2. The number of aromatic amines is 1. The van der Waals surface area contributed by atoms with Crippen LogP contribution in [0.4, 0.5) is 39.5 Å². The molecule has 9 aromatic rings. The molecular weight excluding hydrogens is 3260 g/mol. The van der Waals surface area contributed by atoms with Crippen molar-refractivity contribution in [3.05, 3.63) is 204 Å². The summed E-state index contributed by atoms with van der Waals surface area (Å²) in [6.45, 7) is 39.0. The normalized spacial score (nSPS) is 17.1.